The molecule has 0 bridgehead atoms. The molecule has 0 saturated carbocycles. The van der Waals surface area contributed by atoms with Gasteiger partial charge in [-0.3, -0.25) is 9.59 Å². The molecule has 1 atom stereocenters. The van der Waals surface area contributed by atoms with E-state index in [1.807, 2.05) is 19.1 Å². The van der Waals surface area contributed by atoms with E-state index in [9.17, 15) is 14.4 Å². The third-order valence-corrected chi connectivity index (χ3v) is 4.24. The molecule has 2 amide bonds. The van der Waals surface area contributed by atoms with E-state index >= 15 is 0 Å². The molecule has 0 fully saturated rings. The van der Waals surface area contributed by atoms with Crippen molar-refractivity contribution in [1.82, 2.24) is 0 Å². The van der Waals surface area contributed by atoms with Gasteiger partial charge >= 0.3 is 5.97 Å². The summed E-state index contributed by atoms with van der Waals surface area (Å²) in [5.74, 6) is -1.08. The third-order valence-electron chi connectivity index (χ3n) is 4.24. The van der Waals surface area contributed by atoms with Crippen LogP contribution in [-0.2, 0) is 14.3 Å². The zero-order chi connectivity index (χ0) is 18.7. The molecule has 0 aliphatic carbocycles. The largest absolute Gasteiger partial charge is 0.452 e. The minimum absolute atomic E-state index is 0.156. The molecular weight excluding hydrogens is 332 g/mol. The van der Waals surface area contributed by atoms with Crippen LogP contribution < -0.4 is 10.2 Å². The van der Waals surface area contributed by atoms with Crippen LogP contribution in [0, 0.1) is 6.92 Å². The molecule has 2 aromatic carbocycles. The van der Waals surface area contributed by atoms with Crippen molar-refractivity contribution >= 4 is 29.2 Å². The van der Waals surface area contributed by atoms with Crippen LogP contribution in [0.15, 0.2) is 48.5 Å². The highest BCUT2D eigenvalue weighted by atomic mass is 16.5. The van der Waals surface area contributed by atoms with Crippen molar-refractivity contribution in [3.05, 3.63) is 59.7 Å². The Hall–Kier alpha value is -3.15. The monoisotopic (exact) mass is 352 g/mol. The van der Waals surface area contributed by atoms with E-state index in [2.05, 4.69) is 5.32 Å². The number of aryl methyl sites for hydroxylation is 1. The summed E-state index contributed by atoms with van der Waals surface area (Å²) in [6.07, 6.45) is 0.173. The van der Waals surface area contributed by atoms with Crippen LogP contribution in [0.2, 0.25) is 0 Å². The van der Waals surface area contributed by atoms with E-state index in [0.29, 0.717) is 16.9 Å². The molecule has 3 rings (SSSR count). The number of carbonyl (C=O) groups excluding carboxylic acids is 3. The molecule has 134 valence electrons. The summed E-state index contributed by atoms with van der Waals surface area (Å²) in [4.78, 5) is 38.3. The molecule has 6 nitrogen and oxygen atoms in total. The summed E-state index contributed by atoms with van der Waals surface area (Å²) in [7, 11) is 0. The van der Waals surface area contributed by atoms with Crippen LogP contribution in [0.1, 0.15) is 29.3 Å². The quantitative estimate of drug-likeness (QED) is 0.862. The first-order valence-corrected chi connectivity index (χ1v) is 8.40. The van der Waals surface area contributed by atoms with E-state index in [1.165, 1.54) is 4.90 Å². The van der Waals surface area contributed by atoms with Gasteiger partial charge in [0.25, 0.3) is 5.91 Å². The Morgan fingerprint density at radius 1 is 1.15 bits per heavy atom. The SMILES string of the molecule is Cc1ccc(C(=O)OCC(=O)N2c3ccccc3NC(=O)C[C@@H]2C)cc1. The maximum absolute atomic E-state index is 12.7. The van der Waals surface area contributed by atoms with Gasteiger partial charge in [0.2, 0.25) is 5.91 Å². The van der Waals surface area contributed by atoms with Crippen molar-refractivity contribution in [2.45, 2.75) is 26.3 Å². The first kappa shape index (κ1) is 17.7. The van der Waals surface area contributed by atoms with Crippen LogP contribution in [-0.4, -0.2) is 30.4 Å². The van der Waals surface area contributed by atoms with Gasteiger partial charge in [0.15, 0.2) is 6.61 Å². The number of hydrogen-bond donors (Lipinski definition) is 1. The molecule has 6 heteroatoms. The van der Waals surface area contributed by atoms with E-state index in [0.717, 1.165) is 5.56 Å². The standard InChI is InChI=1S/C20H20N2O4/c1-13-7-9-15(10-8-13)20(25)26-12-19(24)22-14(2)11-18(23)21-16-5-3-4-6-17(16)22/h3-10,14H,11-12H2,1-2H3,(H,21,23)/t14-/m0/s1. The number of para-hydroxylation sites is 2. The van der Waals surface area contributed by atoms with Crippen molar-refractivity contribution < 1.29 is 19.1 Å². The maximum Gasteiger partial charge on any atom is 0.338 e. The Balaban J connectivity index is 1.75. The lowest BCUT2D eigenvalue weighted by Crippen LogP contribution is -2.41. The Kier molecular flexibility index (Phi) is 5.02. The van der Waals surface area contributed by atoms with E-state index in [1.54, 1.807) is 43.3 Å². The van der Waals surface area contributed by atoms with Crippen LogP contribution in [0.3, 0.4) is 0 Å². The molecule has 0 radical (unpaired) electrons. The predicted molar refractivity (Wildman–Crippen MR) is 98.1 cm³/mol. The zero-order valence-corrected chi connectivity index (χ0v) is 14.7. The molecule has 0 unspecified atom stereocenters. The lowest BCUT2D eigenvalue weighted by Gasteiger charge is -2.27. The minimum Gasteiger partial charge on any atom is -0.452 e. The average Bonchev–Trinajstić information content (AvgIpc) is 2.74. The number of amides is 2. The molecule has 1 heterocycles. The second-order valence-electron chi connectivity index (χ2n) is 6.32. The van der Waals surface area contributed by atoms with Gasteiger partial charge in [0.1, 0.15) is 0 Å². The number of anilines is 2. The number of hydrogen-bond acceptors (Lipinski definition) is 4. The third kappa shape index (κ3) is 3.74. The number of nitrogens with one attached hydrogen (secondary N) is 1. The molecule has 0 saturated heterocycles. The summed E-state index contributed by atoms with van der Waals surface area (Å²) < 4.78 is 5.18. The van der Waals surface area contributed by atoms with E-state index < -0.39 is 5.97 Å². The van der Waals surface area contributed by atoms with Crippen LogP contribution >= 0.6 is 0 Å². The number of ether oxygens (including phenoxy) is 1. The maximum atomic E-state index is 12.7. The van der Waals surface area contributed by atoms with Crippen molar-refractivity contribution in [3.8, 4) is 0 Å². The highest BCUT2D eigenvalue weighted by Crippen LogP contribution is 2.31. The number of benzene rings is 2. The van der Waals surface area contributed by atoms with E-state index in [4.69, 9.17) is 4.74 Å². The molecule has 1 aliphatic rings. The summed E-state index contributed by atoms with van der Waals surface area (Å²) >= 11 is 0. The fourth-order valence-corrected chi connectivity index (χ4v) is 2.94. The van der Waals surface area contributed by atoms with Crippen molar-refractivity contribution in [2.75, 3.05) is 16.8 Å². The molecule has 2 aromatic rings. The lowest BCUT2D eigenvalue weighted by molar-refractivity contribution is -0.122. The number of fused-ring (bicyclic) bond motifs is 1. The van der Waals surface area contributed by atoms with E-state index in [-0.39, 0.29) is 30.9 Å². The van der Waals surface area contributed by atoms with Gasteiger partial charge in [0.05, 0.1) is 16.9 Å². The lowest BCUT2D eigenvalue weighted by atomic mass is 10.1. The first-order valence-electron chi connectivity index (χ1n) is 8.40. The highest BCUT2D eigenvalue weighted by Gasteiger charge is 2.30. The highest BCUT2D eigenvalue weighted by molar-refractivity contribution is 6.05. The van der Waals surface area contributed by atoms with Crippen molar-refractivity contribution in [1.29, 1.82) is 0 Å². The number of esters is 1. The van der Waals surface area contributed by atoms with Crippen molar-refractivity contribution in [2.24, 2.45) is 0 Å². The first-order chi connectivity index (χ1) is 12.5. The second-order valence-corrected chi connectivity index (χ2v) is 6.32. The fraction of sp³-hybridized carbons (Fsp3) is 0.250. The smallest absolute Gasteiger partial charge is 0.338 e. The molecule has 26 heavy (non-hydrogen) atoms. The van der Waals surface area contributed by atoms with Crippen LogP contribution in [0.4, 0.5) is 11.4 Å². The molecule has 0 aromatic heterocycles. The Labute approximate surface area is 151 Å². The van der Waals surface area contributed by atoms with Crippen LogP contribution in [0.5, 0.6) is 0 Å². The van der Waals surface area contributed by atoms with Gasteiger partial charge < -0.3 is 15.0 Å². The normalized spacial score (nSPS) is 16.3. The fourth-order valence-electron chi connectivity index (χ4n) is 2.94. The van der Waals surface area contributed by atoms with Gasteiger partial charge in [-0.05, 0) is 38.1 Å². The van der Waals surface area contributed by atoms with Gasteiger partial charge in [-0.1, -0.05) is 29.8 Å². The molecule has 1 aliphatic heterocycles. The van der Waals surface area contributed by atoms with Gasteiger partial charge in [-0.25, -0.2) is 4.79 Å². The summed E-state index contributed by atoms with van der Waals surface area (Å²) in [5, 5.41) is 2.79. The Morgan fingerprint density at radius 3 is 2.58 bits per heavy atom. The van der Waals surface area contributed by atoms with Crippen LogP contribution in [0.25, 0.3) is 0 Å². The topological polar surface area (TPSA) is 75.7 Å². The molecular formula is C20H20N2O4. The predicted octanol–water partition coefficient (Wildman–Crippen LogP) is 2.92. The molecule has 0 spiro atoms. The minimum atomic E-state index is -0.552. The summed E-state index contributed by atoms with van der Waals surface area (Å²) in [6, 6.07) is 13.7. The molecule has 1 N–H and O–H groups in total. The van der Waals surface area contributed by atoms with Gasteiger partial charge in [-0.15, -0.1) is 0 Å². The number of nitrogens with zero attached hydrogens (tertiary/aromatic N) is 1. The van der Waals surface area contributed by atoms with Gasteiger partial charge in [-0.2, -0.15) is 0 Å². The van der Waals surface area contributed by atoms with Gasteiger partial charge in [0, 0.05) is 12.5 Å². The average molecular weight is 352 g/mol. The second kappa shape index (κ2) is 7.39. The number of carbonyl (C=O) groups is 3. The number of rotatable bonds is 3. The zero-order valence-electron chi connectivity index (χ0n) is 14.7. The summed E-state index contributed by atoms with van der Waals surface area (Å²) in [6.45, 7) is 3.33. The van der Waals surface area contributed by atoms with Crippen molar-refractivity contribution in [3.63, 3.8) is 0 Å². The Morgan fingerprint density at radius 2 is 1.85 bits per heavy atom. The summed E-state index contributed by atoms with van der Waals surface area (Å²) in [5.41, 5.74) is 2.59. The Bertz CT molecular complexity index is 845.